The molecule has 0 radical (unpaired) electrons. The summed E-state index contributed by atoms with van der Waals surface area (Å²) in [6, 6.07) is 16.9. The van der Waals surface area contributed by atoms with Crippen molar-refractivity contribution in [2.45, 2.75) is 30.2 Å². The summed E-state index contributed by atoms with van der Waals surface area (Å²) >= 11 is 0. The average molecular weight is 603 g/mol. The third kappa shape index (κ3) is 7.75. The van der Waals surface area contributed by atoms with E-state index in [0.717, 1.165) is 52.8 Å². The molecule has 0 saturated heterocycles. The van der Waals surface area contributed by atoms with E-state index in [9.17, 15) is 35.9 Å². The van der Waals surface area contributed by atoms with Gasteiger partial charge in [0.2, 0.25) is 10.0 Å². The minimum Gasteiger partial charge on any atom is -0.481 e. The van der Waals surface area contributed by atoms with Gasteiger partial charge < -0.3 is 10.4 Å². The Balaban J connectivity index is 1.75. The molecule has 220 valence electrons. The fourth-order valence-corrected chi connectivity index (χ4v) is 5.75. The van der Waals surface area contributed by atoms with Gasteiger partial charge >= 0.3 is 12.1 Å². The minimum absolute atomic E-state index is 0.0429. The number of alkyl halides is 3. The van der Waals surface area contributed by atoms with Crippen molar-refractivity contribution < 1.29 is 35.9 Å². The highest BCUT2D eigenvalue weighted by atomic mass is 32.2. The zero-order chi connectivity index (χ0) is 30.3. The number of rotatable bonds is 12. The molecule has 4 aromatic rings. The van der Waals surface area contributed by atoms with Crippen molar-refractivity contribution in [1.82, 2.24) is 19.6 Å². The number of carboxylic acid groups (broad SMARTS) is 1. The molecule has 0 saturated carbocycles. The quantitative estimate of drug-likeness (QED) is 0.218. The Morgan fingerprint density at radius 2 is 1.48 bits per heavy atom. The van der Waals surface area contributed by atoms with Gasteiger partial charge in [-0.25, -0.2) is 12.8 Å². The van der Waals surface area contributed by atoms with Crippen LogP contribution in [0.4, 0.5) is 17.6 Å². The van der Waals surface area contributed by atoms with Crippen LogP contribution in [0.15, 0.2) is 102 Å². The van der Waals surface area contributed by atoms with E-state index >= 15 is 0 Å². The molecule has 4 rings (SSSR count). The van der Waals surface area contributed by atoms with Gasteiger partial charge in [0.1, 0.15) is 5.82 Å². The Kier molecular flexibility index (Phi) is 9.66. The lowest BCUT2D eigenvalue weighted by Crippen LogP contribution is -2.43. The SMILES string of the molecule is O=C(O)C(CN(Cc1ccccn1)S(=O)(=O)c1ccc(F)cc1)C(NCc1ccccn1)c1ccc(C(F)(F)F)cc1. The Morgan fingerprint density at radius 1 is 0.881 bits per heavy atom. The molecule has 42 heavy (non-hydrogen) atoms. The van der Waals surface area contributed by atoms with E-state index in [1.54, 1.807) is 36.4 Å². The molecule has 2 aromatic carbocycles. The van der Waals surface area contributed by atoms with E-state index in [1.165, 1.54) is 12.4 Å². The predicted octanol–water partition coefficient (Wildman–Crippen LogP) is 5.06. The van der Waals surface area contributed by atoms with Crippen LogP contribution < -0.4 is 5.32 Å². The van der Waals surface area contributed by atoms with Crippen LogP contribution >= 0.6 is 0 Å². The second kappa shape index (κ2) is 13.2. The molecule has 0 bridgehead atoms. The molecule has 0 amide bonds. The molecule has 8 nitrogen and oxygen atoms in total. The van der Waals surface area contributed by atoms with Crippen LogP contribution in [0.25, 0.3) is 0 Å². The van der Waals surface area contributed by atoms with Crippen LogP contribution in [0.1, 0.15) is 28.6 Å². The number of hydrogen-bond donors (Lipinski definition) is 2. The van der Waals surface area contributed by atoms with Gasteiger partial charge in [0, 0.05) is 31.5 Å². The number of sulfonamides is 1. The summed E-state index contributed by atoms with van der Waals surface area (Å²) in [7, 11) is -4.38. The number of pyridine rings is 2. The Bertz CT molecular complexity index is 1570. The molecule has 2 heterocycles. The third-order valence-electron chi connectivity index (χ3n) is 6.46. The lowest BCUT2D eigenvalue weighted by molar-refractivity contribution is -0.143. The number of nitrogens with zero attached hydrogens (tertiary/aromatic N) is 3. The number of nitrogens with one attached hydrogen (secondary N) is 1. The Hall–Kier alpha value is -4.20. The van der Waals surface area contributed by atoms with Gasteiger partial charge in [-0.15, -0.1) is 0 Å². The van der Waals surface area contributed by atoms with Crippen molar-refractivity contribution in [1.29, 1.82) is 0 Å². The maximum absolute atomic E-state index is 13.7. The van der Waals surface area contributed by atoms with E-state index in [4.69, 9.17) is 0 Å². The van der Waals surface area contributed by atoms with Gasteiger partial charge in [-0.3, -0.25) is 14.8 Å². The summed E-state index contributed by atoms with van der Waals surface area (Å²) in [6.45, 7) is -0.863. The number of hydrogen-bond acceptors (Lipinski definition) is 6. The highest BCUT2D eigenvalue weighted by Crippen LogP contribution is 2.32. The lowest BCUT2D eigenvalue weighted by Gasteiger charge is -2.31. The molecule has 0 aliphatic rings. The first-order valence-corrected chi connectivity index (χ1v) is 14.1. The number of aromatic nitrogens is 2. The topological polar surface area (TPSA) is 112 Å². The molecule has 0 spiro atoms. The van der Waals surface area contributed by atoms with Crippen molar-refractivity contribution in [3.05, 3.63) is 126 Å². The van der Waals surface area contributed by atoms with Crippen molar-refractivity contribution in [3.63, 3.8) is 0 Å². The molecular weight excluding hydrogens is 576 g/mol. The van der Waals surface area contributed by atoms with Crippen LogP contribution in [0.2, 0.25) is 0 Å². The summed E-state index contributed by atoms with van der Waals surface area (Å²) in [6.07, 6.45) is -1.63. The molecule has 13 heteroatoms. The Morgan fingerprint density at radius 3 is 2.00 bits per heavy atom. The Labute approximate surface area is 239 Å². The second-order valence-electron chi connectivity index (χ2n) is 9.32. The smallest absolute Gasteiger partial charge is 0.416 e. The van der Waals surface area contributed by atoms with E-state index < -0.39 is 52.1 Å². The van der Waals surface area contributed by atoms with E-state index in [1.807, 2.05) is 0 Å². The fraction of sp³-hybridized carbons (Fsp3) is 0.207. The van der Waals surface area contributed by atoms with Crippen LogP contribution in [0, 0.1) is 11.7 Å². The number of carboxylic acids is 1. The number of carbonyl (C=O) groups is 1. The maximum Gasteiger partial charge on any atom is 0.416 e. The van der Waals surface area contributed by atoms with Crippen LogP contribution in [-0.2, 0) is 34.1 Å². The maximum atomic E-state index is 13.7. The molecule has 2 N–H and O–H groups in total. The van der Waals surface area contributed by atoms with Gasteiger partial charge in [0.25, 0.3) is 0 Å². The summed E-state index contributed by atoms with van der Waals surface area (Å²) in [5, 5.41) is 13.4. The largest absolute Gasteiger partial charge is 0.481 e. The van der Waals surface area contributed by atoms with Crippen LogP contribution in [-0.4, -0.2) is 40.3 Å². The van der Waals surface area contributed by atoms with Crippen molar-refractivity contribution in [2.24, 2.45) is 5.92 Å². The normalized spacial score (nSPS) is 13.5. The highest BCUT2D eigenvalue weighted by Gasteiger charge is 2.37. The summed E-state index contributed by atoms with van der Waals surface area (Å²) in [4.78, 5) is 20.8. The van der Waals surface area contributed by atoms with Gasteiger partial charge in [0.15, 0.2) is 0 Å². The predicted molar refractivity (Wildman–Crippen MR) is 145 cm³/mol. The van der Waals surface area contributed by atoms with Gasteiger partial charge in [-0.05, 0) is 66.2 Å². The number of benzene rings is 2. The van der Waals surface area contributed by atoms with Crippen molar-refractivity contribution in [3.8, 4) is 0 Å². The van der Waals surface area contributed by atoms with Gasteiger partial charge in [-0.1, -0.05) is 24.3 Å². The first kappa shape index (κ1) is 30.8. The first-order valence-electron chi connectivity index (χ1n) is 12.6. The van der Waals surface area contributed by atoms with E-state index in [-0.39, 0.29) is 23.5 Å². The third-order valence-corrected chi connectivity index (χ3v) is 8.29. The molecular formula is C29H26F4N4O4S. The van der Waals surface area contributed by atoms with Crippen LogP contribution in [0.3, 0.4) is 0 Å². The highest BCUT2D eigenvalue weighted by molar-refractivity contribution is 7.89. The average Bonchev–Trinajstić information content (AvgIpc) is 2.97. The molecule has 2 atom stereocenters. The van der Waals surface area contributed by atoms with Crippen molar-refractivity contribution in [2.75, 3.05) is 6.54 Å². The zero-order valence-corrected chi connectivity index (χ0v) is 22.8. The first-order chi connectivity index (χ1) is 19.9. The molecule has 0 fully saturated rings. The zero-order valence-electron chi connectivity index (χ0n) is 21.9. The fourth-order valence-electron chi connectivity index (χ4n) is 4.31. The van der Waals surface area contributed by atoms with Crippen LogP contribution in [0.5, 0.6) is 0 Å². The summed E-state index contributed by atoms with van der Waals surface area (Å²) < 4.78 is 81.7. The number of halogens is 4. The van der Waals surface area contributed by atoms with E-state index in [0.29, 0.717) is 11.4 Å². The molecule has 2 aromatic heterocycles. The van der Waals surface area contributed by atoms with Crippen molar-refractivity contribution >= 4 is 16.0 Å². The summed E-state index contributed by atoms with van der Waals surface area (Å²) in [5.74, 6) is -3.53. The minimum atomic E-state index is -4.61. The summed E-state index contributed by atoms with van der Waals surface area (Å²) in [5.41, 5.74) is 0.128. The van der Waals surface area contributed by atoms with E-state index in [2.05, 4.69) is 15.3 Å². The second-order valence-corrected chi connectivity index (χ2v) is 11.3. The monoisotopic (exact) mass is 602 g/mol. The molecule has 0 aliphatic heterocycles. The standard InChI is InChI=1S/C29H26F4N4O4S/c30-22-11-13-25(14-12-22)42(40,41)37(18-24-6-2-4-16-35-24)19-26(28(38)39)27(36-17-23-5-1-3-15-34-23)20-7-9-21(10-8-20)29(31,32)33/h1-16,26-27,36H,17-19H2,(H,38,39). The molecule has 2 unspecified atom stereocenters. The van der Waals surface area contributed by atoms with Gasteiger partial charge in [0.05, 0.1) is 34.3 Å². The van der Waals surface area contributed by atoms with Gasteiger partial charge in [-0.2, -0.15) is 17.5 Å². The molecule has 0 aliphatic carbocycles. The lowest BCUT2D eigenvalue weighted by atomic mass is 9.91. The number of aliphatic carboxylic acids is 1.